The van der Waals surface area contributed by atoms with Gasteiger partial charge in [0.25, 0.3) is 0 Å². The Balaban J connectivity index is 2.45. The molecule has 10 heteroatoms. The second-order valence-electron chi connectivity index (χ2n) is 8.13. The Morgan fingerprint density at radius 3 is 2.51 bits per heavy atom. The van der Waals surface area contributed by atoms with Gasteiger partial charge in [0.05, 0.1) is 32.2 Å². The number of aromatic amines is 1. The number of anilines is 2. The number of ether oxygens (including phenoxy) is 3. The van der Waals surface area contributed by atoms with Crippen LogP contribution in [0, 0.1) is 0 Å². The molecule has 37 heavy (non-hydrogen) atoms. The normalized spacial score (nSPS) is 12.1. The highest BCUT2D eigenvalue weighted by Gasteiger charge is 2.25. The predicted octanol–water partition coefficient (Wildman–Crippen LogP) is 5.18. The van der Waals surface area contributed by atoms with Crippen molar-refractivity contribution in [2.45, 2.75) is 51.5 Å². The molecule has 0 aliphatic rings. The SMILES string of the molecule is C=CCC(Nc1cc(NC(=O)OC)ccc1-c1cnc(C(CC=C)C(=O)OCCCC)[nH]1)C(=O)OCC. The molecule has 0 bridgehead atoms. The van der Waals surface area contributed by atoms with Crippen LogP contribution in [0.25, 0.3) is 11.3 Å². The van der Waals surface area contributed by atoms with Crippen molar-refractivity contribution in [3.63, 3.8) is 0 Å². The number of imidazole rings is 1. The maximum absolute atomic E-state index is 12.7. The Kier molecular flexibility index (Phi) is 11.9. The average molecular weight is 513 g/mol. The van der Waals surface area contributed by atoms with Crippen LogP contribution in [0.15, 0.2) is 49.7 Å². The molecule has 3 N–H and O–H groups in total. The number of aromatic nitrogens is 2. The lowest BCUT2D eigenvalue weighted by Gasteiger charge is -2.20. The first kappa shape index (κ1) is 29.2. The molecule has 0 saturated heterocycles. The predicted molar refractivity (Wildman–Crippen MR) is 142 cm³/mol. The molecule has 0 radical (unpaired) electrons. The summed E-state index contributed by atoms with van der Waals surface area (Å²) in [6.45, 7) is 11.8. The zero-order chi connectivity index (χ0) is 27.2. The molecule has 1 aromatic carbocycles. The van der Waals surface area contributed by atoms with Crippen LogP contribution in [0.5, 0.6) is 0 Å². The Morgan fingerprint density at radius 1 is 1.11 bits per heavy atom. The number of benzene rings is 1. The Bertz CT molecular complexity index is 1080. The first-order valence-electron chi connectivity index (χ1n) is 12.2. The van der Waals surface area contributed by atoms with Gasteiger partial charge in [-0.1, -0.05) is 25.5 Å². The summed E-state index contributed by atoms with van der Waals surface area (Å²) in [5, 5.41) is 5.80. The quantitative estimate of drug-likeness (QED) is 0.129. The minimum Gasteiger partial charge on any atom is -0.465 e. The van der Waals surface area contributed by atoms with Crippen molar-refractivity contribution in [1.29, 1.82) is 0 Å². The van der Waals surface area contributed by atoms with Gasteiger partial charge in [-0.25, -0.2) is 14.6 Å². The summed E-state index contributed by atoms with van der Waals surface area (Å²) >= 11 is 0. The molecule has 1 aromatic heterocycles. The van der Waals surface area contributed by atoms with Crippen molar-refractivity contribution in [1.82, 2.24) is 9.97 Å². The minimum absolute atomic E-state index is 0.230. The van der Waals surface area contributed by atoms with E-state index >= 15 is 0 Å². The van der Waals surface area contributed by atoms with E-state index in [1.165, 1.54) is 7.11 Å². The largest absolute Gasteiger partial charge is 0.465 e. The van der Waals surface area contributed by atoms with Crippen molar-refractivity contribution in [2.24, 2.45) is 0 Å². The number of nitrogens with zero attached hydrogens (tertiary/aromatic N) is 1. The molecule has 200 valence electrons. The van der Waals surface area contributed by atoms with E-state index < -0.39 is 24.0 Å². The fourth-order valence-corrected chi connectivity index (χ4v) is 3.51. The number of H-pyrrole nitrogens is 1. The van der Waals surface area contributed by atoms with E-state index in [0.717, 1.165) is 12.8 Å². The molecule has 0 aliphatic heterocycles. The van der Waals surface area contributed by atoms with Crippen LogP contribution >= 0.6 is 0 Å². The highest BCUT2D eigenvalue weighted by Crippen LogP contribution is 2.32. The highest BCUT2D eigenvalue weighted by atomic mass is 16.5. The zero-order valence-corrected chi connectivity index (χ0v) is 21.7. The van der Waals surface area contributed by atoms with Gasteiger partial charge in [-0.3, -0.25) is 10.1 Å². The first-order chi connectivity index (χ1) is 17.9. The zero-order valence-electron chi connectivity index (χ0n) is 21.7. The molecule has 2 atom stereocenters. The van der Waals surface area contributed by atoms with Crippen molar-refractivity contribution >= 4 is 29.4 Å². The van der Waals surface area contributed by atoms with Crippen LogP contribution in [0.3, 0.4) is 0 Å². The number of allylic oxidation sites excluding steroid dienone is 1. The van der Waals surface area contributed by atoms with E-state index in [1.807, 2.05) is 6.92 Å². The number of nitrogens with one attached hydrogen (secondary N) is 3. The van der Waals surface area contributed by atoms with E-state index in [1.54, 1.807) is 43.5 Å². The van der Waals surface area contributed by atoms with Crippen LogP contribution in [-0.4, -0.2) is 54.4 Å². The summed E-state index contributed by atoms with van der Waals surface area (Å²) in [7, 11) is 1.27. The van der Waals surface area contributed by atoms with Gasteiger partial charge in [-0.15, -0.1) is 13.2 Å². The summed E-state index contributed by atoms with van der Waals surface area (Å²) in [5.74, 6) is -1.01. The van der Waals surface area contributed by atoms with Gasteiger partial charge < -0.3 is 24.5 Å². The first-order valence-corrected chi connectivity index (χ1v) is 12.2. The van der Waals surface area contributed by atoms with E-state index in [2.05, 4.69) is 38.5 Å². The molecular formula is C27H36N4O6. The van der Waals surface area contributed by atoms with E-state index in [9.17, 15) is 14.4 Å². The van der Waals surface area contributed by atoms with Gasteiger partial charge in [-0.05, 0) is 44.4 Å². The maximum Gasteiger partial charge on any atom is 0.411 e. The average Bonchev–Trinajstić information content (AvgIpc) is 3.36. The Morgan fingerprint density at radius 2 is 1.86 bits per heavy atom. The summed E-state index contributed by atoms with van der Waals surface area (Å²) in [6, 6.07) is 4.39. The van der Waals surface area contributed by atoms with Crippen molar-refractivity contribution in [3.05, 3.63) is 55.5 Å². The summed E-state index contributed by atoms with van der Waals surface area (Å²) in [6.07, 6.45) is 6.59. The lowest BCUT2D eigenvalue weighted by atomic mass is 10.1. The van der Waals surface area contributed by atoms with Crippen molar-refractivity contribution in [3.8, 4) is 11.3 Å². The molecule has 0 spiro atoms. The lowest BCUT2D eigenvalue weighted by molar-refractivity contribution is -0.146. The number of methoxy groups -OCH3 is 1. The van der Waals surface area contributed by atoms with Gasteiger partial charge in [0.1, 0.15) is 17.8 Å². The number of hydrogen-bond acceptors (Lipinski definition) is 8. The number of unbranched alkanes of at least 4 members (excludes halogenated alkanes) is 1. The molecule has 10 nitrogen and oxygen atoms in total. The Labute approximate surface area is 217 Å². The number of amides is 1. The van der Waals surface area contributed by atoms with Crippen LogP contribution in [-0.2, 0) is 23.8 Å². The number of rotatable bonds is 15. The van der Waals surface area contributed by atoms with Gasteiger partial charge in [0.2, 0.25) is 0 Å². The number of carbonyl (C=O) groups excluding carboxylic acids is 3. The highest BCUT2D eigenvalue weighted by molar-refractivity contribution is 5.89. The minimum atomic E-state index is -0.714. The second-order valence-corrected chi connectivity index (χ2v) is 8.13. The topological polar surface area (TPSA) is 132 Å². The van der Waals surface area contributed by atoms with E-state index in [4.69, 9.17) is 9.47 Å². The van der Waals surface area contributed by atoms with Crippen molar-refractivity contribution in [2.75, 3.05) is 31.0 Å². The maximum atomic E-state index is 12.7. The Hall–Kier alpha value is -4.08. The monoisotopic (exact) mass is 512 g/mol. The molecule has 2 aromatic rings. The summed E-state index contributed by atoms with van der Waals surface area (Å²) in [5.41, 5.74) is 2.22. The van der Waals surface area contributed by atoms with Crippen molar-refractivity contribution < 1.29 is 28.6 Å². The summed E-state index contributed by atoms with van der Waals surface area (Å²) < 4.78 is 15.3. The second kappa shape index (κ2) is 15.1. The summed E-state index contributed by atoms with van der Waals surface area (Å²) in [4.78, 5) is 44.6. The fraction of sp³-hybridized carbons (Fsp3) is 0.407. The molecular weight excluding hydrogens is 476 g/mol. The molecule has 1 amide bonds. The number of esters is 2. The van der Waals surface area contributed by atoms with E-state index in [-0.39, 0.29) is 12.6 Å². The molecule has 0 fully saturated rings. The van der Waals surface area contributed by atoms with Gasteiger partial charge in [0.15, 0.2) is 0 Å². The third-order valence-corrected chi connectivity index (χ3v) is 5.40. The van der Waals surface area contributed by atoms with Gasteiger partial charge in [-0.2, -0.15) is 0 Å². The van der Waals surface area contributed by atoms with Crippen LogP contribution < -0.4 is 10.6 Å². The van der Waals surface area contributed by atoms with E-state index in [0.29, 0.717) is 47.9 Å². The molecule has 0 aliphatic carbocycles. The number of carbonyl (C=O) groups is 3. The third-order valence-electron chi connectivity index (χ3n) is 5.40. The lowest BCUT2D eigenvalue weighted by Crippen LogP contribution is -2.31. The fourth-order valence-electron chi connectivity index (χ4n) is 3.51. The third kappa shape index (κ3) is 8.52. The number of hydrogen-bond donors (Lipinski definition) is 3. The standard InChI is InChI=1S/C27H36N4O6/c1-6-10-15-37-25(32)20(11-7-2)24-28-17-23(31-24)19-14-13-18(29-27(34)35-5)16-22(19)30-21(12-8-3)26(33)36-9-4/h7-8,13-14,16-17,20-21,30H,2-3,6,9-12,15H2,1,4-5H3,(H,28,31)(H,29,34). The smallest absolute Gasteiger partial charge is 0.411 e. The molecule has 2 rings (SSSR count). The van der Waals surface area contributed by atoms with Crippen LogP contribution in [0.2, 0.25) is 0 Å². The molecule has 1 heterocycles. The van der Waals surface area contributed by atoms with Gasteiger partial charge in [0, 0.05) is 16.9 Å². The molecule has 2 unspecified atom stereocenters. The van der Waals surface area contributed by atoms with Crippen LogP contribution in [0.4, 0.5) is 16.2 Å². The van der Waals surface area contributed by atoms with Gasteiger partial charge >= 0.3 is 18.0 Å². The molecule has 0 saturated carbocycles. The van der Waals surface area contributed by atoms with Crippen LogP contribution in [0.1, 0.15) is 51.3 Å².